The summed E-state index contributed by atoms with van der Waals surface area (Å²) in [5.74, 6) is -4.34. The number of halogens is 4. The first kappa shape index (κ1) is 11.8. The van der Waals surface area contributed by atoms with Crippen molar-refractivity contribution in [1.82, 2.24) is 4.44 Å². The predicted molar refractivity (Wildman–Crippen MR) is 39.7 cm³/mol. The largest absolute Gasteiger partial charge is 0.490 e. The highest BCUT2D eigenvalue weighted by Crippen LogP contribution is 2.76. The molecule has 0 rings (SSSR count). The molecule has 0 N–H and O–H groups in total. The summed E-state index contributed by atoms with van der Waals surface area (Å²) >= 11 is 3.83. The van der Waals surface area contributed by atoms with Crippen LogP contribution >= 0.6 is 36.8 Å². The second-order valence-corrected chi connectivity index (χ2v) is 8.75. The van der Waals surface area contributed by atoms with Crippen molar-refractivity contribution in [3.63, 3.8) is 0 Å². The molecule has 0 aliphatic rings. The van der Waals surface area contributed by atoms with Gasteiger partial charge in [0.1, 0.15) is 11.8 Å². The van der Waals surface area contributed by atoms with E-state index in [2.05, 4.69) is 0 Å². The van der Waals surface area contributed by atoms with E-state index in [1.807, 2.05) is 0 Å². The average molecular weight is 248 g/mol. The first-order valence-corrected chi connectivity index (χ1v) is 7.38. The lowest BCUT2D eigenvalue weighted by atomic mass is 11.6. The third-order valence-corrected chi connectivity index (χ3v) is 6.76. The fourth-order valence-corrected chi connectivity index (χ4v) is 3.24. The molecule has 0 radical (unpaired) electrons. The van der Waals surface area contributed by atoms with Crippen molar-refractivity contribution in [3.8, 4) is 0 Å². The molecule has 0 saturated heterocycles. The monoisotopic (exact) mass is 247 g/mol. The summed E-state index contributed by atoms with van der Waals surface area (Å²) in [4.78, 5) is 0. The van der Waals surface area contributed by atoms with Crippen LogP contribution in [-0.2, 0) is 9.13 Å². The van der Waals surface area contributed by atoms with Crippen LogP contribution < -0.4 is 0 Å². The molecular formula is CH3ClF3NO2P2S. The van der Waals surface area contributed by atoms with Crippen LogP contribution in [0.15, 0.2) is 0 Å². The van der Waals surface area contributed by atoms with Gasteiger partial charge < -0.3 is 0 Å². The molecule has 0 heterocycles. The lowest BCUT2D eigenvalue weighted by molar-refractivity contribution is 0.447. The normalized spacial score (nSPS) is 18.4. The molecule has 0 aromatic heterocycles. The molecule has 0 fully saturated rings. The molecule has 0 aromatic rings. The SMILES string of the molecule is CN(P(=O)(F)F)P(=O)(Cl)SF. The third kappa shape index (κ3) is 3.38. The fourth-order valence-electron chi connectivity index (χ4n) is 0.169. The Morgan fingerprint density at radius 3 is 1.91 bits per heavy atom. The molecule has 0 spiro atoms. The van der Waals surface area contributed by atoms with Crippen LogP contribution in [0.25, 0.3) is 0 Å². The maximum atomic E-state index is 11.8. The smallest absolute Gasteiger partial charge is 0.274 e. The molecule has 68 valence electrons. The van der Waals surface area contributed by atoms with Crippen molar-refractivity contribution in [2.75, 3.05) is 7.05 Å². The van der Waals surface area contributed by atoms with Crippen LogP contribution in [0.5, 0.6) is 0 Å². The van der Waals surface area contributed by atoms with Crippen molar-refractivity contribution in [2.24, 2.45) is 0 Å². The zero-order valence-corrected chi connectivity index (χ0v) is 8.44. The van der Waals surface area contributed by atoms with E-state index in [-0.39, 0.29) is 0 Å². The Hall–Kier alpha value is 0.850. The molecule has 10 heteroatoms. The van der Waals surface area contributed by atoms with Gasteiger partial charge in [-0.05, 0) is 11.2 Å². The number of rotatable bonds is 3. The van der Waals surface area contributed by atoms with E-state index in [9.17, 15) is 21.4 Å². The highest BCUT2D eigenvalue weighted by Gasteiger charge is 2.41. The molecular weight excluding hydrogens is 244 g/mol. The average Bonchev–Trinajstić information content (AvgIpc) is 1.84. The summed E-state index contributed by atoms with van der Waals surface area (Å²) in [5, 5.41) is 0. The van der Waals surface area contributed by atoms with E-state index < -0.39 is 30.0 Å². The van der Waals surface area contributed by atoms with Gasteiger partial charge in [-0.15, -0.1) is 12.8 Å². The minimum Gasteiger partial charge on any atom is -0.274 e. The summed E-state index contributed by atoms with van der Waals surface area (Å²) in [6.45, 7) is 0. The Balaban J connectivity index is 4.64. The van der Waals surface area contributed by atoms with Crippen LogP contribution in [-0.4, -0.2) is 11.5 Å². The lowest BCUT2D eigenvalue weighted by Gasteiger charge is -2.15. The molecule has 11 heavy (non-hydrogen) atoms. The standard InChI is InChI=1S/CH3ClF3NO2P2S/c1-6(10(3,4)8)9(2,7)11-5/h1H3. The molecule has 0 amide bonds. The molecule has 0 bridgehead atoms. The van der Waals surface area contributed by atoms with Gasteiger partial charge in [0.15, 0.2) is 0 Å². The van der Waals surface area contributed by atoms with Gasteiger partial charge in [0, 0.05) is 7.05 Å². The number of hydrogen-bond donors (Lipinski definition) is 0. The minimum atomic E-state index is -5.72. The number of nitrogens with zero attached hydrogens (tertiary/aromatic N) is 1. The van der Waals surface area contributed by atoms with Crippen molar-refractivity contribution >= 4 is 36.8 Å². The van der Waals surface area contributed by atoms with E-state index in [1.54, 1.807) is 0 Å². The Morgan fingerprint density at radius 1 is 1.45 bits per heavy atom. The first-order chi connectivity index (χ1) is 4.72. The molecule has 0 aliphatic carbocycles. The van der Waals surface area contributed by atoms with Gasteiger partial charge in [-0.25, -0.2) is 4.57 Å². The highest BCUT2D eigenvalue weighted by atomic mass is 35.7. The van der Waals surface area contributed by atoms with Crippen LogP contribution in [0.4, 0.5) is 12.3 Å². The molecule has 0 saturated carbocycles. The Kier molecular flexibility index (Phi) is 3.99. The second-order valence-electron chi connectivity index (χ2n) is 1.44. The van der Waals surface area contributed by atoms with Gasteiger partial charge in [0.25, 0.3) is 0 Å². The molecule has 0 aliphatic heterocycles. The van der Waals surface area contributed by atoms with Crippen LogP contribution in [0.2, 0.25) is 0 Å². The Bertz CT molecular complexity index is 231. The van der Waals surface area contributed by atoms with E-state index in [0.29, 0.717) is 7.05 Å². The van der Waals surface area contributed by atoms with Gasteiger partial charge >= 0.3 is 13.8 Å². The van der Waals surface area contributed by atoms with Gasteiger partial charge in [-0.3, -0.25) is 4.57 Å². The summed E-state index contributed by atoms with van der Waals surface area (Å²) in [7, 11) is -5.19. The van der Waals surface area contributed by atoms with E-state index in [0.717, 1.165) is 0 Å². The van der Waals surface area contributed by atoms with Crippen LogP contribution in [0.3, 0.4) is 0 Å². The Labute approximate surface area is 70.2 Å². The summed E-state index contributed by atoms with van der Waals surface area (Å²) in [6, 6.07) is 0. The fraction of sp³-hybridized carbons (Fsp3) is 1.00. The minimum absolute atomic E-state index is 0.438. The zero-order valence-electron chi connectivity index (χ0n) is 5.08. The molecule has 1 atom stereocenters. The Morgan fingerprint density at radius 2 is 1.82 bits per heavy atom. The van der Waals surface area contributed by atoms with E-state index >= 15 is 0 Å². The molecule has 1 unspecified atom stereocenters. The number of hydrogen-bond acceptors (Lipinski definition) is 3. The third-order valence-electron chi connectivity index (χ3n) is 0.768. The van der Waals surface area contributed by atoms with Crippen LogP contribution in [0.1, 0.15) is 0 Å². The molecule has 3 nitrogen and oxygen atoms in total. The van der Waals surface area contributed by atoms with Crippen molar-refractivity contribution in [1.29, 1.82) is 0 Å². The second kappa shape index (κ2) is 3.71. The van der Waals surface area contributed by atoms with Gasteiger partial charge in [-0.2, -0.15) is 3.89 Å². The highest BCUT2D eigenvalue weighted by molar-refractivity contribution is 8.63. The summed E-state index contributed by atoms with van der Waals surface area (Å²) < 4.78 is 55.3. The topological polar surface area (TPSA) is 37.4 Å². The van der Waals surface area contributed by atoms with Gasteiger partial charge in [-0.1, -0.05) is 0 Å². The maximum Gasteiger partial charge on any atom is 0.490 e. The summed E-state index contributed by atoms with van der Waals surface area (Å²) in [5.41, 5.74) is 0. The lowest BCUT2D eigenvalue weighted by Crippen LogP contribution is -2.00. The van der Waals surface area contributed by atoms with Gasteiger partial charge in [0.2, 0.25) is 0 Å². The maximum absolute atomic E-state index is 11.8. The van der Waals surface area contributed by atoms with E-state index in [4.69, 9.17) is 11.2 Å². The first-order valence-electron chi connectivity index (χ1n) is 2.06. The summed E-state index contributed by atoms with van der Waals surface area (Å²) in [6.07, 6.45) is 0. The molecule has 0 aromatic carbocycles. The zero-order chi connectivity index (χ0) is 9.28. The van der Waals surface area contributed by atoms with E-state index in [1.165, 1.54) is 0 Å². The van der Waals surface area contributed by atoms with Crippen LogP contribution in [0, 0.1) is 0 Å². The van der Waals surface area contributed by atoms with Crippen molar-refractivity contribution < 1.29 is 21.4 Å². The quantitative estimate of drug-likeness (QED) is 0.708. The van der Waals surface area contributed by atoms with Crippen molar-refractivity contribution in [3.05, 3.63) is 0 Å². The predicted octanol–water partition coefficient (Wildman–Crippen LogP) is 3.93. The van der Waals surface area contributed by atoms with Crippen molar-refractivity contribution in [2.45, 2.75) is 0 Å². The van der Waals surface area contributed by atoms with Gasteiger partial charge in [0.05, 0.1) is 0 Å².